The molecule has 1 atom stereocenters. The van der Waals surface area contributed by atoms with E-state index < -0.39 is 29.1 Å². The topological polar surface area (TPSA) is 72.9 Å². The number of hydrogen-bond donors (Lipinski definition) is 0. The average molecular weight is 283 g/mol. The molecule has 0 aromatic carbocycles. The Morgan fingerprint density at radius 3 is 2.40 bits per heavy atom. The Morgan fingerprint density at radius 1 is 1.40 bits per heavy atom. The van der Waals surface area contributed by atoms with Crippen LogP contribution in [0, 0.1) is 0 Å². The minimum Gasteiger partial charge on any atom is -0.464 e. The second kappa shape index (κ2) is 5.26. The lowest BCUT2D eigenvalue weighted by molar-refractivity contribution is -0.157. The van der Waals surface area contributed by atoms with Gasteiger partial charge in [0.2, 0.25) is 0 Å². The molecule has 6 heteroatoms. The van der Waals surface area contributed by atoms with Crippen LogP contribution in [0.15, 0.2) is 12.2 Å². The molecular weight excluding hydrogens is 262 g/mol. The van der Waals surface area contributed by atoms with Gasteiger partial charge in [-0.1, -0.05) is 6.58 Å². The molecule has 1 rings (SSSR count). The third-order valence-electron chi connectivity index (χ3n) is 2.85. The van der Waals surface area contributed by atoms with Crippen molar-refractivity contribution in [2.45, 2.75) is 52.2 Å². The predicted molar refractivity (Wildman–Crippen MR) is 71.9 cm³/mol. The summed E-state index contributed by atoms with van der Waals surface area (Å²) in [5, 5.41) is 0. The van der Waals surface area contributed by atoms with E-state index in [9.17, 15) is 14.4 Å². The van der Waals surface area contributed by atoms with Crippen LogP contribution in [0.5, 0.6) is 0 Å². The molecule has 0 aromatic rings. The molecule has 1 aliphatic heterocycles. The lowest BCUT2D eigenvalue weighted by Crippen LogP contribution is -2.54. The monoisotopic (exact) mass is 283 g/mol. The highest BCUT2D eigenvalue weighted by atomic mass is 16.6. The van der Waals surface area contributed by atoms with Gasteiger partial charge in [0.25, 0.3) is 5.91 Å². The highest BCUT2D eigenvalue weighted by Gasteiger charge is 2.55. The van der Waals surface area contributed by atoms with Gasteiger partial charge in [0.1, 0.15) is 5.60 Å². The number of carbonyl (C=O) groups excluding carboxylic acids is 3. The molecule has 1 unspecified atom stereocenters. The van der Waals surface area contributed by atoms with Crippen LogP contribution in [0.3, 0.4) is 0 Å². The van der Waals surface area contributed by atoms with E-state index >= 15 is 0 Å². The maximum atomic E-state index is 12.2. The highest BCUT2D eigenvalue weighted by Crippen LogP contribution is 2.35. The van der Waals surface area contributed by atoms with Gasteiger partial charge in [0.05, 0.1) is 6.61 Å². The van der Waals surface area contributed by atoms with Crippen molar-refractivity contribution in [1.29, 1.82) is 0 Å². The normalized spacial score (nSPS) is 22.9. The van der Waals surface area contributed by atoms with Crippen LogP contribution in [0.4, 0.5) is 4.79 Å². The molecule has 0 saturated carbocycles. The lowest BCUT2D eigenvalue weighted by Gasteiger charge is -2.32. The van der Waals surface area contributed by atoms with Crippen molar-refractivity contribution in [2.24, 2.45) is 0 Å². The van der Waals surface area contributed by atoms with Gasteiger partial charge >= 0.3 is 12.1 Å². The zero-order chi connectivity index (χ0) is 15.7. The molecule has 1 heterocycles. The Morgan fingerprint density at radius 2 is 1.95 bits per heavy atom. The van der Waals surface area contributed by atoms with Crippen LogP contribution < -0.4 is 0 Å². The van der Waals surface area contributed by atoms with Gasteiger partial charge in [0.15, 0.2) is 5.54 Å². The largest absolute Gasteiger partial charge is 0.464 e. The average Bonchev–Trinajstić information content (AvgIpc) is 2.49. The van der Waals surface area contributed by atoms with Crippen LogP contribution in [0.25, 0.3) is 0 Å². The van der Waals surface area contributed by atoms with Crippen LogP contribution in [-0.4, -0.2) is 40.6 Å². The lowest BCUT2D eigenvalue weighted by atomic mass is 9.98. The van der Waals surface area contributed by atoms with E-state index in [1.807, 2.05) is 0 Å². The molecule has 0 N–H and O–H groups in total. The Kier molecular flexibility index (Phi) is 4.27. The van der Waals surface area contributed by atoms with Gasteiger partial charge in [-0.05, 0) is 34.6 Å². The van der Waals surface area contributed by atoms with Crippen LogP contribution in [0.1, 0.15) is 41.0 Å². The second-order valence-electron chi connectivity index (χ2n) is 5.90. The summed E-state index contributed by atoms with van der Waals surface area (Å²) in [6.45, 7) is 11.9. The SMILES string of the molecule is C=C1CC(C)(C(=O)OCC)N(C(=O)OC(C)(C)C)C1=O. The molecule has 20 heavy (non-hydrogen) atoms. The van der Waals surface area contributed by atoms with Crippen molar-refractivity contribution in [3.8, 4) is 0 Å². The van der Waals surface area contributed by atoms with Crippen LogP contribution in [0.2, 0.25) is 0 Å². The quantitative estimate of drug-likeness (QED) is 0.572. The smallest absolute Gasteiger partial charge is 0.418 e. The maximum Gasteiger partial charge on any atom is 0.418 e. The summed E-state index contributed by atoms with van der Waals surface area (Å²) in [4.78, 5) is 37.1. The molecule has 6 nitrogen and oxygen atoms in total. The fourth-order valence-corrected chi connectivity index (χ4v) is 1.99. The van der Waals surface area contributed by atoms with Crippen LogP contribution >= 0.6 is 0 Å². The van der Waals surface area contributed by atoms with Gasteiger partial charge in [-0.15, -0.1) is 0 Å². The first-order valence-corrected chi connectivity index (χ1v) is 6.45. The Hall–Kier alpha value is -1.85. The molecule has 0 radical (unpaired) electrons. The number of rotatable bonds is 2. The number of likely N-dealkylation sites (tertiary alicyclic amines) is 1. The van der Waals surface area contributed by atoms with Crippen molar-refractivity contribution in [1.82, 2.24) is 4.90 Å². The second-order valence-corrected chi connectivity index (χ2v) is 5.90. The minimum atomic E-state index is -1.40. The molecule has 0 bridgehead atoms. The first-order chi connectivity index (χ1) is 9.03. The Balaban J connectivity index is 3.11. The molecule has 1 fully saturated rings. The van der Waals surface area contributed by atoms with Crippen molar-refractivity contribution < 1.29 is 23.9 Å². The van der Waals surface area contributed by atoms with E-state index in [0.29, 0.717) is 0 Å². The summed E-state index contributed by atoms with van der Waals surface area (Å²) < 4.78 is 10.1. The molecule has 112 valence electrons. The van der Waals surface area contributed by atoms with Crippen molar-refractivity contribution >= 4 is 18.0 Å². The van der Waals surface area contributed by atoms with Gasteiger partial charge in [-0.2, -0.15) is 0 Å². The number of imide groups is 1. The maximum absolute atomic E-state index is 12.2. The van der Waals surface area contributed by atoms with Gasteiger partial charge in [-0.25, -0.2) is 14.5 Å². The van der Waals surface area contributed by atoms with Crippen LogP contribution in [-0.2, 0) is 19.1 Å². The fraction of sp³-hybridized carbons (Fsp3) is 0.643. The number of amides is 2. The summed E-state index contributed by atoms with van der Waals surface area (Å²) in [5.41, 5.74) is -1.98. The number of hydrogen-bond acceptors (Lipinski definition) is 5. The predicted octanol–water partition coefficient (Wildman–Crippen LogP) is 2.03. The molecule has 0 spiro atoms. The summed E-state index contributed by atoms with van der Waals surface area (Å²) in [6, 6.07) is 0. The van der Waals surface area contributed by atoms with E-state index in [0.717, 1.165) is 4.90 Å². The fourth-order valence-electron chi connectivity index (χ4n) is 1.99. The summed E-state index contributed by atoms with van der Waals surface area (Å²) >= 11 is 0. The van der Waals surface area contributed by atoms with Gasteiger partial charge < -0.3 is 9.47 Å². The highest BCUT2D eigenvalue weighted by molar-refractivity contribution is 6.10. The van der Waals surface area contributed by atoms with Crippen molar-refractivity contribution in [3.05, 3.63) is 12.2 Å². The Bertz CT molecular complexity index is 463. The molecular formula is C14H21NO5. The summed E-state index contributed by atoms with van der Waals surface area (Å²) in [5.74, 6) is -1.24. The summed E-state index contributed by atoms with van der Waals surface area (Å²) in [7, 11) is 0. The van der Waals surface area contributed by atoms with Crippen molar-refractivity contribution in [2.75, 3.05) is 6.61 Å². The first-order valence-electron chi connectivity index (χ1n) is 6.45. The number of esters is 1. The standard InChI is InChI=1S/C14H21NO5/c1-7-19-11(17)14(6)8-9(2)10(16)15(14)12(18)20-13(3,4)5/h2,7-8H2,1,3-6H3. The first kappa shape index (κ1) is 16.2. The summed E-state index contributed by atoms with van der Waals surface area (Å²) in [6.07, 6.45) is -0.819. The molecule has 1 saturated heterocycles. The van der Waals surface area contributed by atoms with E-state index in [1.54, 1.807) is 27.7 Å². The van der Waals surface area contributed by atoms with E-state index in [2.05, 4.69) is 6.58 Å². The third-order valence-corrected chi connectivity index (χ3v) is 2.85. The minimum absolute atomic E-state index is 0.0455. The third kappa shape index (κ3) is 3.00. The zero-order valence-electron chi connectivity index (χ0n) is 12.6. The van der Waals surface area contributed by atoms with Crippen molar-refractivity contribution in [3.63, 3.8) is 0 Å². The molecule has 0 aromatic heterocycles. The van der Waals surface area contributed by atoms with E-state index in [4.69, 9.17) is 9.47 Å². The van der Waals surface area contributed by atoms with Gasteiger partial charge in [-0.3, -0.25) is 4.79 Å². The number of carbonyl (C=O) groups is 3. The molecule has 2 amide bonds. The molecule has 0 aliphatic carbocycles. The molecule has 1 aliphatic rings. The van der Waals surface area contributed by atoms with E-state index in [1.165, 1.54) is 6.92 Å². The number of ether oxygens (including phenoxy) is 2. The zero-order valence-corrected chi connectivity index (χ0v) is 12.6. The number of nitrogens with zero attached hydrogens (tertiary/aromatic N) is 1. The van der Waals surface area contributed by atoms with Gasteiger partial charge in [0, 0.05) is 12.0 Å². The van der Waals surface area contributed by atoms with E-state index in [-0.39, 0.29) is 18.6 Å². The Labute approximate surface area is 118 Å².